The van der Waals surface area contributed by atoms with Crippen molar-refractivity contribution in [2.24, 2.45) is 5.92 Å². The van der Waals surface area contributed by atoms with Crippen LogP contribution in [-0.4, -0.2) is 34.5 Å². The highest BCUT2D eigenvalue weighted by molar-refractivity contribution is 5.84. The van der Waals surface area contributed by atoms with Gasteiger partial charge in [-0.2, -0.15) is 5.26 Å². The minimum Gasteiger partial charge on any atom is -0.465 e. The van der Waals surface area contributed by atoms with Crippen LogP contribution in [0.4, 0.5) is 4.79 Å². The summed E-state index contributed by atoms with van der Waals surface area (Å²) >= 11 is 0. The summed E-state index contributed by atoms with van der Waals surface area (Å²) in [5.41, 5.74) is 0. The minimum atomic E-state index is -1.01. The summed E-state index contributed by atoms with van der Waals surface area (Å²) in [6, 6.07) is 1.46. The molecule has 2 atom stereocenters. The number of carbonyl (C=O) groups excluding carboxylic acids is 1. The lowest BCUT2D eigenvalue weighted by Crippen LogP contribution is -2.38. The highest BCUT2D eigenvalue weighted by Gasteiger charge is 2.39. The maximum Gasteiger partial charge on any atom is 0.407 e. The van der Waals surface area contributed by atoms with E-state index in [4.69, 9.17) is 10.4 Å². The molecule has 0 aromatic carbocycles. The largest absolute Gasteiger partial charge is 0.465 e. The second kappa shape index (κ2) is 5.31. The van der Waals surface area contributed by atoms with Gasteiger partial charge in [0.15, 0.2) is 5.78 Å². The van der Waals surface area contributed by atoms with Crippen molar-refractivity contribution in [1.82, 2.24) is 4.90 Å². The van der Waals surface area contributed by atoms with Crippen LogP contribution in [0.2, 0.25) is 0 Å². The van der Waals surface area contributed by atoms with E-state index in [0.717, 1.165) is 0 Å². The SMILES string of the molecule is C=CCC1C(C(=O)CC#N)CCN1C(=O)O. The number of hydrogen-bond donors (Lipinski definition) is 1. The van der Waals surface area contributed by atoms with E-state index in [0.29, 0.717) is 19.4 Å². The van der Waals surface area contributed by atoms with Gasteiger partial charge >= 0.3 is 6.09 Å². The molecule has 1 saturated heterocycles. The van der Waals surface area contributed by atoms with Crippen LogP contribution < -0.4 is 0 Å². The Morgan fingerprint density at radius 3 is 2.81 bits per heavy atom. The average Bonchev–Trinajstić information content (AvgIpc) is 2.62. The third-order valence-corrected chi connectivity index (χ3v) is 2.87. The molecule has 1 N–H and O–H groups in total. The van der Waals surface area contributed by atoms with Crippen LogP contribution in [0.1, 0.15) is 19.3 Å². The Labute approximate surface area is 94.0 Å². The van der Waals surface area contributed by atoms with E-state index in [9.17, 15) is 9.59 Å². The Morgan fingerprint density at radius 2 is 2.31 bits per heavy atom. The van der Waals surface area contributed by atoms with Crippen LogP contribution in [0.25, 0.3) is 0 Å². The fourth-order valence-electron chi connectivity index (χ4n) is 2.14. The smallest absolute Gasteiger partial charge is 0.407 e. The maximum absolute atomic E-state index is 11.6. The number of ketones is 1. The first-order valence-electron chi connectivity index (χ1n) is 5.12. The van der Waals surface area contributed by atoms with Crippen molar-refractivity contribution in [2.75, 3.05) is 6.54 Å². The molecule has 16 heavy (non-hydrogen) atoms. The molecule has 0 radical (unpaired) electrons. The molecule has 0 aromatic rings. The van der Waals surface area contributed by atoms with Gasteiger partial charge in [-0.1, -0.05) is 6.08 Å². The predicted octanol–water partition coefficient (Wildman–Crippen LogP) is 1.41. The Bertz CT molecular complexity index is 346. The third-order valence-electron chi connectivity index (χ3n) is 2.87. The normalized spacial score (nSPS) is 23.8. The van der Waals surface area contributed by atoms with E-state index in [2.05, 4.69) is 6.58 Å². The number of nitrogens with zero attached hydrogens (tertiary/aromatic N) is 2. The number of likely N-dealkylation sites (tertiary alicyclic amines) is 1. The van der Waals surface area contributed by atoms with Crippen LogP contribution in [0.3, 0.4) is 0 Å². The molecule has 0 bridgehead atoms. The molecule has 1 aliphatic heterocycles. The highest BCUT2D eigenvalue weighted by atomic mass is 16.4. The van der Waals surface area contributed by atoms with E-state index in [1.165, 1.54) is 4.90 Å². The van der Waals surface area contributed by atoms with Crippen LogP contribution in [0.5, 0.6) is 0 Å². The van der Waals surface area contributed by atoms with E-state index >= 15 is 0 Å². The molecule has 5 heteroatoms. The van der Waals surface area contributed by atoms with Crippen molar-refractivity contribution in [1.29, 1.82) is 5.26 Å². The summed E-state index contributed by atoms with van der Waals surface area (Å²) in [4.78, 5) is 23.8. The molecule has 1 fully saturated rings. The van der Waals surface area contributed by atoms with Gasteiger partial charge in [0.05, 0.1) is 12.5 Å². The molecule has 0 spiro atoms. The van der Waals surface area contributed by atoms with Gasteiger partial charge in [-0.15, -0.1) is 6.58 Å². The van der Waals surface area contributed by atoms with E-state index in [-0.39, 0.29) is 24.2 Å². The van der Waals surface area contributed by atoms with E-state index in [1.54, 1.807) is 6.08 Å². The molecule has 0 aromatic heterocycles. The summed E-state index contributed by atoms with van der Waals surface area (Å²) in [5, 5.41) is 17.4. The zero-order valence-corrected chi connectivity index (χ0v) is 8.93. The van der Waals surface area contributed by atoms with Crippen LogP contribution in [0, 0.1) is 17.2 Å². The number of rotatable bonds is 4. The van der Waals surface area contributed by atoms with Gasteiger partial charge in [-0.05, 0) is 12.8 Å². The highest BCUT2D eigenvalue weighted by Crippen LogP contribution is 2.28. The molecule has 1 amide bonds. The van der Waals surface area contributed by atoms with Gasteiger partial charge in [-0.25, -0.2) is 4.79 Å². The first-order chi connectivity index (χ1) is 7.61. The van der Waals surface area contributed by atoms with Crippen molar-refractivity contribution in [3.63, 3.8) is 0 Å². The Hall–Kier alpha value is -1.83. The number of nitriles is 1. The fraction of sp³-hybridized carbons (Fsp3) is 0.545. The second-order valence-corrected chi connectivity index (χ2v) is 3.76. The molecule has 0 aliphatic carbocycles. The van der Waals surface area contributed by atoms with Crippen molar-refractivity contribution >= 4 is 11.9 Å². The first kappa shape index (κ1) is 12.2. The van der Waals surface area contributed by atoms with Crippen LogP contribution >= 0.6 is 0 Å². The molecule has 0 saturated carbocycles. The van der Waals surface area contributed by atoms with Crippen molar-refractivity contribution in [3.05, 3.63) is 12.7 Å². The lowest BCUT2D eigenvalue weighted by Gasteiger charge is -2.23. The Kier molecular flexibility index (Phi) is 4.06. The van der Waals surface area contributed by atoms with E-state index < -0.39 is 6.09 Å². The quantitative estimate of drug-likeness (QED) is 0.729. The molecule has 1 rings (SSSR count). The first-order valence-corrected chi connectivity index (χ1v) is 5.12. The van der Waals surface area contributed by atoms with Crippen molar-refractivity contribution in [3.8, 4) is 6.07 Å². The van der Waals surface area contributed by atoms with Gasteiger partial charge < -0.3 is 10.0 Å². The van der Waals surface area contributed by atoms with Crippen LogP contribution in [-0.2, 0) is 4.79 Å². The number of carboxylic acid groups (broad SMARTS) is 1. The van der Waals surface area contributed by atoms with E-state index in [1.807, 2.05) is 6.07 Å². The number of amides is 1. The zero-order valence-electron chi connectivity index (χ0n) is 8.93. The number of hydrogen-bond acceptors (Lipinski definition) is 3. The number of carbonyl (C=O) groups is 2. The monoisotopic (exact) mass is 222 g/mol. The second-order valence-electron chi connectivity index (χ2n) is 3.76. The van der Waals surface area contributed by atoms with Crippen molar-refractivity contribution < 1.29 is 14.7 Å². The third kappa shape index (κ3) is 2.40. The van der Waals surface area contributed by atoms with Gasteiger partial charge in [0.2, 0.25) is 0 Å². The standard InChI is InChI=1S/C11H14N2O3/c1-2-3-9-8(10(14)4-6-12)5-7-13(9)11(15)16/h2,8-9H,1,3-5,7H2,(H,15,16). The molecule has 1 heterocycles. The van der Waals surface area contributed by atoms with Gasteiger partial charge in [0, 0.05) is 18.5 Å². The topological polar surface area (TPSA) is 81.4 Å². The van der Waals surface area contributed by atoms with Gasteiger partial charge in [0.25, 0.3) is 0 Å². The number of Topliss-reactive ketones (excluding diaryl/α,β-unsaturated/α-hetero) is 1. The predicted molar refractivity (Wildman–Crippen MR) is 56.7 cm³/mol. The lowest BCUT2D eigenvalue weighted by molar-refractivity contribution is -0.122. The van der Waals surface area contributed by atoms with Gasteiger partial charge in [0.1, 0.15) is 0 Å². The molecule has 5 nitrogen and oxygen atoms in total. The Balaban J connectivity index is 2.79. The summed E-state index contributed by atoms with van der Waals surface area (Å²) in [6.07, 6.45) is 1.41. The molecular formula is C11H14N2O3. The maximum atomic E-state index is 11.6. The summed E-state index contributed by atoms with van der Waals surface area (Å²) < 4.78 is 0. The summed E-state index contributed by atoms with van der Waals surface area (Å²) in [7, 11) is 0. The van der Waals surface area contributed by atoms with Gasteiger partial charge in [-0.3, -0.25) is 4.79 Å². The lowest BCUT2D eigenvalue weighted by atomic mass is 9.92. The Morgan fingerprint density at radius 1 is 1.62 bits per heavy atom. The summed E-state index contributed by atoms with van der Waals surface area (Å²) in [6.45, 7) is 3.92. The molecule has 86 valence electrons. The zero-order chi connectivity index (χ0) is 12.1. The molecular weight excluding hydrogens is 208 g/mol. The van der Waals surface area contributed by atoms with Crippen molar-refractivity contribution in [2.45, 2.75) is 25.3 Å². The minimum absolute atomic E-state index is 0.147. The van der Waals surface area contributed by atoms with Crippen LogP contribution in [0.15, 0.2) is 12.7 Å². The fourth-order valence-corrected chi connectivity index (χ4v) is 2.14. The molecule has 2 unspecified atom stereocenters. The molecule has 1 aliphatic rings. The summed E-state index contributed by atoms with van der Waals surface area (Å²) in [5.74, 6) is -0.521. The average molecular weight is 222 g/mol.